The van der Waals surface area contributed by atoms with E-state index < -0.39 is 0 Å². The minimum Gasteiger partial charge on any atom is -0.464 e. The van der Waals surface area contributed by atoms with Gasteiger partial charge in [-0.25, -0.2) is 4.79 Å². The van der Waals surface area contributed by atoms with Crippen LogP contribution in [0.1, 0.15) is 10.5 Å². The summed E-state index contributed by atoms with van der Waals surface area (Å²) in [6, 6.07) is 1.58. The van der Waals surface area contributed by atoms with E-state index in [1.807, 2.05) is 0 Å². The molecule has 0 aromatic carbocycles. The molecule has 0 unspecified atom stereocenters. The lowest BCUT2D eigenvalue weighted by molar-refractivity contribution is 0.0590. The minimum atomic E-state index is -0.371. The summed E-state index contributed by atoms with van der Waals surface area (Å²) < 4.78 is 6.14. The quantitative estimate of drug-likeness (QED) is 0.667. The van der Waals surface area contributed by atoms with Crippen LogP contribution in [0.2, 0.25) is 0 Å². The number of hydrogen-bond acceptors (Lipinski definition) is 3. The van der Waals surface area contributed by atoms with Crippen LogP contribution in [0, 0.1) is 0 Å². The average molecular weight is 191 g/mol. The number of esters is 1. The molecule has 2 N–H and O–H groups in total. The van der Waals surface area contributed by atoms with Crippen LogP contribution in [0.25, 0.3) is 0 Å². The second-order valence-corrected chi connectivity index (χ2v) is 2.26. The van der Waals surface area contributed by atoms with Crippen LogP contribution < -0.4 is 5.73 Å². The van der Waals surface area contributed by atoms with Crippen LogP contribution in [0.4, 0.5) is 5.69 Å². The summed E-state index contributed by atoms with van der Waals surface area (Å²) in [5.74, 6) is -0.371. The zero-order chi connectivity index (χ0) is 8.43. The fourth-order valence-electron chi connectivity index (χ4n) is 0.898. The normalized spacial score (nSPS) is 8.83. The van der Waals surface area contributed by atoms with E-state index in [0.717, 1.165) is 0 Å². The second-order valence-electron chi connectivity index (χ2n) is 2.26. The van der Waals surface area contributed by atoms with Crippen molar-refractivity contribution in [2.45, 2.75) is 0 Å². The zero-order valence-corrected chi connectivity index (χ0v) is 7.72. The number of nitrogens with two attached hydrogens (primary N) is 1. The third-order valence-corrected chi connectivity index (χ3v) is 1.42. The highest BCUT2D eigenvalue weighted by atomic mass is 35.5. The number of halogens is 1. The number of aromatic nitrogens is 1. The highest BCUT2D eigenvalue weighted by molar-refractivity contribution is 5.88. The Hall–Kier alpha value is -1.16. The van der Waals surface area contributed by atoms with Crippen LogP contribution in [-0.4, -0.2) is 17.6 Å². The first-order chi connectivity index (χ1) is 5.15. The van der Waals surface area contributed by atoms with Crippen LogP contribution in [0.5, 0.6) is 0 Å². The van der Waals surface area contributed by atoms with E-state index in [4.69, 9.17) is 5.73 Å². The van der Waals surface area contributed by atoms with Crippen molar-refractivity contribution in [1.29, 1.82) is 0 Å². The molecule has 0 amide bonds. The van der Waals surface area contributed by atoms with Gasteiger partial charge >= 0.3 is 5.97 Å². The molecule has 0 bridgehead atoms. The lowest BCUT2D eigenvalue weighted by atomic mass is 10.4. The maximum atomic E-state index is 10.9. The largest absolute Gasteiger partial charge is 0.464 e. The molecule has 0 saturated carbocycles. The molecule has 0 atom stereocenters. The lowest BCUT2D eigenvalue weighted by Gasteiger charge is -1.98. The number of ether oxygens (including phenoxy) is 1. The van der Waals surface area contributed by atoms with Gasteiger partial charge in [0.1, 0.15) is 5.69 Å². The molecule has 1 aromatic heterocycles. The van der Waals surface area contributed by atoms with Crippen LogP contribution >= 0.6 is 12.4 Å². The first kappa shape index (κ1) is 10.8. The molecule has 0 radical (unpaired) electrons. The highest BCUT2D eigenvalue weighted by Gasteiger charge is 2.09. The summed E-state index contributed by atoms with van der Waals surface area (Å²) in [5.41, 5.74) is 6.47. The Labute approximate surface area is 76.7 Å². The molecule has 0 spiro atoms. The van der Waals surface area contributed by atoms with E-state index in [1.54, 1.807) is 23.9 Å². The Kier molecular flexibility index (Phi) is 3.63. The van der Waals surface area contributed by atoms with Crippen molar-refractivity contribution in [1.82, 2.24) is 4.57 Å². The van der Waals surface area contributed by atoms with Gasteiger partial charge in [0.25, 0.3) is 0 Å². The molecule has 0 fully saturated rings. The number of anilines is 1. The Morgan fingerprint density at radius 1 is 1.67 bits per heavy atom. The van der Waals surface area contributed by atoms with Gasteiger partial charge in [-0.2, -0.15) is 0 Å². The highest BCUT2D eigenvalue weighted by Crippen LogP contribution is 2.08. The summed E-state index contributed by atoms with van der Waals surface area (Å²) >= 11 is 0. The third-order valence-electron chi connectivity index (χ3n) is 1.42. The van der Waals surface area contributed by atoms with E-state index >= 15 is 0 Å². The monoisotopic (exact) mass is 190 g/mol. The van der Waals surface area contributed by atoms with E-state index in [0.29, 0.717) is 11.4 Å². The van der Waals surface area contributed by atoms with E-state index in [9.17, 15) is 4.79 Å². The molecule has 68 valence electrons. The van der Waals surface area contributed by atoms with Gasteiger partial charge in [0.2, 0.25) is 0 Å². The van der Waals surface area contributed by atoms with Crippen molar-refractivity contribution >= 4 is 24.1 Å². The fourth-order valence-corrected chi connectivity index (χ4v) is 0.898. The molecule has 0 aliphatic rings. The van der Waals surface area contributed by atoms with Crippen molar-refractivity contribution in [2.75, 3.05) is 12.8 Å². The van der Waals surface area contributed by atoms with Crippen molar-refractivity contribution in [3.63, 3.8) is 0 Å². The van der Waals surface area contributed by atoms with Crippen molar-refractivity contribution in [3.8, 4) is 0 Å². The molecule has 0 aliphatic carbocycles. The number of hydrogen-bond donors (Lipinski definition) is 1. The fraction of sp³-hybridized carbons (Fsp3) is 0.286. The predicted octanol–water partition coefficient (Wildman–Crippen LogP) is 0.816. The SMILES string of the molecule is COC(=O)c1cc(N)cn1C.Cl. The topological polar surface area (TPSA) is 57.2 Å². The van der Waals surface area contributed by atoms with Gasteiger partial charge in [-0.05, 0) is 6.07 Å². The van der Waals surface area contributed by atoms with Gasteiger partial charge in [-0.3, -0.25) is 0 Å². The van der Waals surface area contributed by atoms with Crippen molar-refractivity contribution in [3.05, 3.63) is 18.0 Å². The Balaban J connectivity index is 0.00000121. The molecule has 1 rings (SSSR count). The average Bonchev–Trinajstić information content (AvgIpc) is 2.28. The molecule has 12 heavy (non-hydrogen) atoms. The molecule has 5 heteroatoms. The zero-order valence-electron chi connectivity index (χ0n) is 6.90. The number of aryl methyl sites for hydroxylation is 1. The van der Waals surface area contributed by atoms with E-state index in [-0.39, 0.29) is 18.4 Å². The summed E-state index contributed by atoms with van der Waals surface area (Å²) in [5, 5.41) is 0. The van der Waals surface area contributed by atoms with Crippen LogP contribution in [0.15, 0.2) is 12.3 Å². The number of nitrogens with zero attached hydrogens (tertiary/aromatic N) is 1. The van der Waals surface area contributed by atoms with Gasteiger partial charge in [0.05, 0.1) is 12.8 Å². The molecular weight excluding hydrogens is 180 g/mol. The van der Waals surface area contributed by atoms with Gasteiger partial charge in [0.15, 0.2) is 0 Å². The summed E-state index contributed by atoms with van der Waals surface area (Å²) in [6.07, 6.45) is 1.66. The van der Waals surface area contributed by atoms with E-state index in [1.165, 1.54) is 7.11 Å². The molecule has 4 nitrogen and oxygen atoms in total. The second kappa shape index (κ2) is 4.01. The number of nitrogen functional groups attached to an aromatic ring is 1. The van der Waals surface area contributed by atoms with Crippen molar-refractivity contribution < 1.29 is 9.53 Å². The van der Waals surface area contributed by atoms with Gasteiger partial charge in [-0.15, -0.1) is 12.4 Å². The van der Waals surface area contributed by atoms with Gasteiger partial charge < -0.3 is 15.0 Å². The Bertz CT molecular complexity index is 283. The first-order valence-electron chi connectivity index (χ1n) is 3.15. The van der Waals surface area contributed by atoms with Crippen LogP contribution in [0.3, 0.4) is 0 Å². The molecule has 1 aromatic rings. The number of rotatable bonds is 1. The summed E-state index contributed by atoms with van der Waals surface area (Å²) in [4.78, 5) is 10.9. The van der Waals surface area contributed by atoms with E-state index in [2.05, 4.69) is 4.74 Å². The Morgan fingerprint density at radius 2 is 2.25 bits per heavy atom. The number of carbonyl (C=O) groups excluding carboxylic acids is 1. The maximum Gasteiger partial charge on any atom is 0.354 e. The van der Waals surface area contributed by atoms with Gasteiger partial charge in [-0.1, -0.05) is 0 Å². The first-order valence-corrected chi connectivity index (χ1v) is 3.15. The van der Waals surface area contributed by atoms with Crippen molar-refractivity contribution in [2.24, 2.45) is 7.05 Å². The number of carbonyl (C=O) groups is 1. The smallest absolute Gasteiger partial charge is 0.354 e. The lowest BCUT2D eigenvalue weighted by Crippen LogP contribution is -2.06. The third kappa shape index (κ3) is 1.92. The predicted molar refractivity (Wildman–Crippen MR) is 48.4 cm³/mol. The molecular formula is C7H11ClN2O2. The summed E-state index contributed by atoms with van der Waals surface area (Å²) in [7, 11) is 3.08. The maximum absolute atomic E-state index is 10.9. The standard InChI is InChI=1S/C7H10N2O2.ClH/c1-9-4-5(8)3-6(9)7(10)11-2;/h3-4H,8H2,1-2H3;1H. The Morgan fingerprint density at radius 3 is 2.58 bits per heavy atom. The summed E-state index contributed by atoms with van der Waals surface area (Å²) in [6.45, 7) is 0. The molecule has 1 heterocycles. The molecule has 0 saturated heterocycles. The minimum absolute atomic E-state index is 0. The van der Waals surface area contributed by atoms with Gasteiger partial charge in [0, 0.05) is 13.2 Å². The molecule has 0 aliphatic heterocycles. The van der Waals surface area contributed by atoms with Crippen LogP contribution in [-0.2, 0) is 11.8 Å². The number of methoxy groups -OCH3 is 1.